The van der Waals surface area contributed by atoms with Crippen LogP contribution in [0, 0.1) is 0 Å². The number of pyridine rings is 1. The van der Waals surface area contributed by atoms with E-state index in [2.05, 4.69) is 16.8 Å². The van der Waals surface area contributed by atoms with Crippen molar-refractivity contribution in [1.29, 1.82) is 0 Å². The van der Waals surface area contributed by atoms with E-state index in [9.17, 15) is 4.79 Å². The van der Waals surface area contributed by atoms with E-state index in [1.165, 1.54) is 0 Å². The third-order valence-electron chi connectivity index (χ3n) is 4.16. The van der Waals surface area contributed by atoms with Gasteiger partial charge < -0.3 is 15.5 Å². The maximum atomic E-state index is 12.7. The highest BCUT2D eigenvalue weighted by atomic mass is 16.2. The Morgan fingerprint density at radius 2 is 1.86 bits per heavy atom. The Morgan fingerprint density at radius 3 is 2.52 bits per heavy atom. The molecule has 110 valence electrons. The van der Waals surface area contributed by atoms with Gasteiger partial charge in [-0.1, -0.05) is 31.2 Å². The molecule has 0 aliphatic carbocycles. The molecule has 2 N–H and O–H groups in total. The molecule has 1 saturated heterocycles. The van der Waals surface area contributed by atoms with Crippen LogP contribution in [-0.4, -0.2) is 53.4 Å². The molecule has 1 aromatic carbocycles. The predicted octanol–water partition coefficient (Wildman–Crippen LogP) is 1.59. The second-order valence-electron chi connectivity index (χ2n) is 5.33. The van der Waals surface area contributed by atoms with E-state index in [1.807, 2.05) is 29.2 Å². The average Bonchev–Trinajstić information content (AvgIpc) is 2.55. The molecular weight excluding hydrogens is 264 g/mol. The van der Waals surface area contributed by atoms with Crippen LogP contribution in [0.1, 0.15) is 17.3 Å². The SMILES string of the molecule is CCN1CCN(C(=O)c2cnc(N)c3ccccc23)CC1. The van der Waals surface area contributed by atoms with Gasteiger partial charge in [-0.05, 0) is 11.9 Å². The minimum absolute atomic E-state index is 0.0504. The molecule has 0 radical (unpaired) electrons. The summed E-state index contributed by atoms with van der Waals surface area (Å²) in [5.74, 6) is 0.521. The van der Waals surface area contributed by atoms with Crippen molar-refractivity contribution in [2.24, 2.45) is 0 Å². The van der Waals surface area contributed by atoms with Gasteiger partial charge in [0.15, 0.2) is 0 Å². The number of hydrogen-bond acceptors (Lipinski definition) is 4. The van der Waals surface area contributed by atoms with Crippen LogP contribution in [0.15, 0.2) is 30.5 Å². The molecular formula is C16H20N4O. The molecule has 0 atom stereocenters. The van der Waals surface area contributed by atoms with Crippen LogP contribution < -0.4 is 5.73 Å². The van der Waals surface area contributed by atoms with Gasteiger partial charge in [0.2, 0.25) is 0 Å². The van der Waals surface area contributed by atoms with Crippen LogP contribution in [0.5, 0.6) is 0 Å². The van der Waals surface area contributed by atoms with Gasteiger partial charge in [0.1, 0.15) is 5.82 Å². The summed E-state index contributed by atoms with van der Waals surface area (Å²) in [6, 6.07) is 7.68. The number of fused-ring (bicyclic) bond motifs is 1. The van der Waals surface area contributed by atoms with Crippen LogP contribution in [-0.2, 0) is 0 Å². The minimum Gasteiger partial charge on any atom is -0.383 e. The molecule has 5 heteroatoms. The molecule has 3 rings (SSSR count). The lowest BCUT2D eigenvalue weighted by Gasteiger charge is -2.34. The number of likely N-dealkylation sites (N-methyl/N-ethyl adjacent to an activating group) is 1. The van der Waals surface area contributed by atoms with Gasteiger partial charge in [0.25, 0.3) is 5.91 Å². The van der Waals surface area contributed by atoms with Gasteiger partial charge in [-0.2, -0.15) is 0 Å². The summed E-state index contributed by atoms with van der Waals surface area (Å²) >= 11 is 0. The van der Waals surface area contributed by atoms with Crippen molar-refractivity contribution >= 4 is 22.5 Å². The molecule has 0 saturated carbocycles. The molecule has 0 unspecified atom stereocenters. The Hall–Kier alpha value is -2.14. The molecule has 1 aliphatic rings. The van der Waals surface area contributed by atoms with Crippen molar-refractivity contribution < 1.29 is 4.79 Å². The summed E-state index contributed by atoms with van der Waals surface area (Å²) in [6.07, 6.45) is 1.60. The fourth-order valence-corrected chi connectivity index (χ4v) is 2.82. The highest BCUT2D eigenvalue weighted by Gasteiger charge is 2.23. The highest BCUT2D eigenvalue weighted by Crippen LogP contribution is 2.23. The molecule has 1 aromatic heterocycles. The first-order valence-corrected chi connectivity index (χ1v) is 7.35. The zero-order valence-corrected chi connectivity index (χ0v) is 12.2. The van der Waals surface area contributed by atoms with Crippen molar-refractivity contribution in [3.8, 4) is 0 Å². The number of nitrogens with zero attached hydrogens (tertiary/aromatic N) is 3. The summed E-state index contributed by atoms with van der Waals surface area (Å²) in [5.41, 5.74) is 6.54. The number of nitrogens with two attached hydrogens (primary N) is 1. The van der Waals surface area contributed by atoms with E-state index in [0.717, 1.165) is 43.5 Å². The molecule has 0 bridgehead atoms. The smallest absolute Gasteiger partial charge is 0.256 e. The number of rotatable bonds is 2. The van der Waals surface area contributed by atoms with Gasteiger partial charge in [0.05, 0.1) is 5.56 Å². The number of aromatic nitrogens is 1. The third-order valence-corrected chi connectivity index (χ3v) is 4.16. The Morgan fingerprint density at radius 1 is 1.19 bits per heavy atom. The quantitative estimate of drug-likeness (QED) is 0.910. The maximum Gasteiger partial charge on any atom is 0.256 e. The van der Waals surface area contributed by atoms with Crippen LogP contribution in [0.25, 0.3) is 10.8 Å². The molecule has 1 aliphatic heterocycles. The number of carbonyl (C=O) groups excluding carboxylic acids is 1. The van der Waals surface area contributed by atoms with E-state index in [1.54, 1.807) is 6.20 Å². The Kier molecular flexibility index (Phi) is 3.75. The maximum absolute atomic E-state index is 12.7. The number of benzene rings is 1. The van der Waals surface area contributed by atoms with Crippen LogP contribution >= 0.6 is 0 Å². The number of nitrogen functional groups attached to an aromatic ring is 1. The number of carbonyl (C=O) groups is 1. The Bertz CT molecular complexity index is 662. The molecule has 0 spiro atoms. The lowest BCUT2D eigenvalue weighted by molar-refractivity contribution is 0.0645. The van der Waals surface area contributed by atoms with Crippen LogP contribution in [0.3, 0.4) is 0 Å². The van der Waals surface area contributed by atoms with Crippen LogP contribution in [0.4, 0.5) is 5.82 Å². The van der Waals surface area contributed by atoms with Crippen molar-refractivity contribution in [2.75, 3.05) is 38.5 Å². The monoisotopic (exact) mass is 284 g/mol. The van der Waals surface area contributed by atoms with Gasteiger partial charge in [-0.3, -0.25) is 4.79 Å². The number of amides is 1. The topological polar surface area (TPSA) is 62.5 Å². The Balaban J connectivity index is 1.90. The molecule has 5 nitrogen and oxygen atoms in total. The number of hydrogen-bond donors (Lipinski definition) is 1. The zero-order valence-electron chi connectivity index (χ0n) is 12.2. The second kappa shape index (κ2) is 5.69. The fourth-order valence-electron chi connectivity index (χ4n) is 2.82. The average molecular weight is 284 g/mol. The van der Waals surface area contributed by atoms with E-state index >= 15 is 0 Å². The van der Waals surface area contributed by atoms with E-state index < -0.39 is 0 Å². The minimum atomic E-state index is 0.0504. The largest absolute Gasteiger partial charge is 0.383 e. The molecule has 1 amide bonds. The molecule has 21 heavy (non-hydrogen) atoms. The van der Waals surface area contributed by atoms with Crippen molar-refractivity contribution in [3.05, 3.63) is 36.0 Å². The van der Waals surface area contributed by atoms with Crippen molar-refractivity contribution in [2.45, 2.75) is 6.92 Å². The van der Waals surface area contributed by atoms with Gasteiger partial charge in [0, 0.05) is 37.8 Å². The van der Waals surface area contributed by atoms with Gasteiger partial charge >= 0.3 is 0 Å². The summed E-state index contributed by atoms with van der Waals surface area (Å²) in [7, 11) is 0. The molecule has 2 aromatic rings. The Labute approximate surface area is 124 Å². The van der Waals surface area contributed by atoms with Gasteiger partial charge in [-0.25, -0.2) is 4.98 Å². The first-order valence-electron chi connectivity index (χ1n) is 7.35. The van der Waals surface area contributed by atoms with Gasteiger partial charge in [-0.15, -0.1) is 0 Å². The molecule has 1 fully saturated rings. The standard InChI is InChI=1S/C16H20N4O/c1-2-19-7-9-20(10-8-19)16(21)14-11-18-15(17)13-6-4-3-5-12(13)14/h3-6,11H,2,7-10H2,1H3,(H2,17,18). The summed E-state index contributed by atoms with van der Waals surface area (Å²) in [4.78, 5) is 21.2. The van der Waals surface area contributed by atoms with E-state index in [4.69, 9.17) is 5.73 Å². The van der Waals surface area contributed by atoms with Crippen LogP contribution in [0.2, 0.25) is 0 Å². The lowest BCUT2D eigenvalue weighted by Crippen LogP contribution is -2.48. The van der Waals surface area contributed by atoms with E-state index in [0.29, 0.717) is 11.4 Å². The van der Waals surface area contributed by atoms with Crippen molar-refractivity contribution in [1.82, 2.24) is 14.8 Å². The zero-order chi connectivity index (χ0) is 14.8. The molecule has 2 heterocycles. The fraction of sp³-hybridized carbons (Fsp3) is 0.375. The second-order valence-corrected chi connectivity index (χ2v) is 5.33. The van der Waals surface area contributed by atoms with Crippen molar-refractivity contribution in [3.63, 3.8) is 0 Å². The first-order chi connectivity index (χ1) is 10.2. The predicted molar refractivity (Wildman–Crippen MR) is 84.2 cm³/mol. The summed E-state index contributed by atoms with van der Waals surface area (Å²) < 4.78 is 0. The third kappa shape index (κ3) is 2.56. The number of anilines is 1. The highest BCUT2D eigenvalue weighted by molar-refractivity contribution is 6.08. The lowest BCUT2D eigenvalue weighted by atomic mass is 10.1. The summed E-state index contributed by atoms with van der Waals surface area (Å²) in [5, 5.41) is 1.73. The first kappa shape index (κ1) is 13.8. The summed E-state index contributed by atoms with van der Waals surface area (Å²) in [6.45, 7) is 6.59. The number of piperazine rings is 1. The van der Waals surface area contributed by atoms with E-state index in [-0.39, 0.29) is 5.91 Å². The normalized spacial score (nSPS) is 16.3.